The van der Waals surface area contributed by atoms with E-state index in [9.17, 15) is 14.0 Å². The maximum Gasteiger partial charge on any atom is 0.317 e. The van der Waals surface area contributed by atoms with Crippen molar-refractivity contribution < 1.29 is 23.8 Å². The second kappa shape index (κ2) is 7.52. The summed E-state index contributed by atoms with van der Waals surface area (Å²) in [5, 5.41) is 8.77. The van der Waals surface area contributed by atoms with Crippen molar-refractivity contribution in [1.29, 1.82) is 0 Å². The molecule has 1 aromatic rings. The van der Waals surface area contributed by atoms with Gasteiger partial charge in [-0.05, 0) is 31.7 Å². The summed E-state index contributed by atoms with van der Waals surface area (Å²) in [5.74, 6) is -1.81. The van der Waals surface area contributed by atoms with Crippen LogP contribution in [0.3, 0.4) is 0 Å². The van der Waals surface area contributed by atoms with E-state index in [1.807, 2.05) is 0 Å². The van der Waals surface area contributed by atoms with E-state index in [1.165, 1.54) is 12.1 Å². The van der Waals surface area contributed by atoms with Crippen molar-refractivity contribution in [2.24, 2.45) is 0 Å². The minimum absolute atomic E-state index is 0.0511. The Morgan fingerprint density at radius 1 is 1.48 bits per heavy atom. The molecule has 1 amide bonds. The van der Waals surface area contributed by atoms with Crippen molar-refractivity contribution in [3.05, 3.63) is 35.1 Å². The Morgan fingerprint density at radius 3 is 2.87 bits per heavy atom. The summed E-state index contributed by atoms with van der Waals surface area (Å²) in [5.41, 5.74) is 0.810. The topological polar surface area (TPSA) is 70.1 Å². The summed E-state index contributed by atoms with van der Waals surface area (Å²) < 4.78 is 19.5. The van der Waals surface area contributed by atoms with Crippen molar-refractivity contribution in [1.82, 2.24) is 9.80 Å². The normalized spacial score (nSPS) is 18.3. The molecule has 0 aromatic heterocycles. The first-order chi connectivity index (χ1) is 10.9. The maximum atomic E-state index is 14.0. The van der Waals surface area contributed by atoms with Crippen LogP contribution in [0, 0.1) is 12.7 Å². The van der Waals surface area contributed by atoms with E-state index in [0.29, 0.717) is 26.2 Å². The van der Waals surface area contributed by atoms with E-state index in [-0.39, 0.29) is 24.1 Å². The molecular formula is C16H21FN2O4. The smallest absolute Gasteiger partial charge is 0.317 e. The third kappa shape index (κ3) is 4.74. The molecule has 0 saturated carbocycles. The van der Waals surface area contributed by atoms with E-state index in [2.05, 4.69) is 0 Å². The molecule has 1 atom stereocenters. The number of aryl methyl sites for hydroxylation is 1. The Balaban J connectivity index is 2.00. The van der Waals surface area contributed by atoms with Gasteiger partial charge in [0, 0.05) is 19.6 Å². The number of aliphatic carboxylic acids is 1. The van der Waals surface area contributed by atoms with Crippen LogP contribution >= 0.6 is 0 Å². The van der Waals surface area contributed by atoms with Crippen LogP contribution in [0.15, 0.2) is 18.2 Å². The number of carbonyl (C=O) groups is 2. The highest BCUT2D eigenvalue weighted by Gasteiger charge is 2.27. The Bertz CT molecular complexity index is 593. The van der Waals surface area contributed by atoms with Crippen molar-refractivity contribution in [2.75, 3.05) is 39.8 Å². The molecule has 1 N–H and O–H groups in total. The fourth-order valence-electron chi connectivity index (χ4n) is 2.62. The monoisotopic (exact) mass is 324 g/mol. The molecule has 1 heterocycles. The van der Waals surface area contributed by atoms with Crippen LogP contribution in [-0.4, -0.2) is 72.7 Å². The van der Waals surface area contributed by atoms with Crippen molar-refractivity contribution in [3.8, 4) is 0 Å². The number of nitrogens with zero attached hydrogens (tertiary/aromatic N) is 2. The molecule has 1 aromatic carbocycles. The molecule has 126 valence electrons. The molecule has 0 bridgehead atoms. The van der Waals surface area contributed by atoms with Gasteiger partial charge in [-0.2, -0.15) is 0 Å². The van der Waals surface area contributed by atoms with Gasteiger partial charge in [-0.3, -0.25) is 14.5 Å². The molecule has 1 unspecified atom stereocenters. The lowest BCUT2D eigenvalue weighted by Gasteiger charge is -2.34. The lowest BCUT2D eigenvalue weighted by Crippen LogP contribution is -2.49. The summed E-state index contributed by atoms with van der Waals surface area (Å²) in [6.45, 7) is 3.12. The molecule has 7 heteroatoms. The molecule has 1 aliphatic rings. The predicted octanol–water partition coefficient (Wildman–Crippen LogP) is 0.992. The van der Waals surface area contributed by atoms with Gasteiger partial charge in [-0.15, -0.1) is 0 Å². The fourth-order valence-corrected chi connectivity index (χ4v) is 2.62. The number of amides is 1. The average Bonchev–Trinajstić information content (AvgIpc) is 2.46. The molecule has 1 aliphatic heterocycles. The summed E-state index contributed by atoms with van der Waals surface area (Å²) in [6.07, 6.45) is -0.287. The Labute approximate surface area is 134 Å². The summed E-state index contributed by atoms with van der Waals surface area (Å²) in [6, 6.07) is 4.54. The van der Waals surface area contributed by atoms with Gasteiger partial charge in [0.05, 0.1) is 24.8 Å². The number of carbonyl (C=O) groups excluding carboxylic acids is 1. The Hall–Kier alpha value is -1.99. The van der Waals surface area contributed by atoms with Crippen LogP contribution in [0.5, 0.6) is 0 Å². The molecule has 23 heavy (non-hydrogen) atoms. The van der Waals surface area contributed by atoms with E-state index < -0.39 is 11.8 Å². The highest BCUT2D eigenvalue weighted by molar-refractivity contribution is 5.94. The quantitative estimate of drug-likeness (QED) is 0.875. The zero-order valence-corrected chi connectivity index (χ0v) is 13.3. The standard InChI is InChI=1S/C16H21FN2O4/c1-11-3-4-13(14(17)7-11)16(22)19-5-6-23-12(9-19)8-18(2)10-15(20)21/h3-4,7,12H,5-6,8-10H2,1-2H3,(H,20,21). The largest absolute Gasteiger partial charge is 0.480 e. The number of morpholine rings is 1. The molecule has 0 radical (unpaired) electrons. The number of benzene rings is 1. The number of hydrogen-bond donors (Lipinski definition) is 1. The van der Waals surface area contributed by atoms with Gasteiger partial charge < -0.3 is 14.7 Å². The van der Waals surface area contributed by atoms with Crippen molar-refractivity contribution >= 4 is 11.9 Å². The zero-order chi connectivity index (χ0) is 17.0. The van der Waals surface area contributed by atoms with Crippen LogP contribution in [0.2, 0.25) is 0 Å². The first kappa shape index (κ1) is 17.4. The summed E-state index contributed by atoms with van der Waals surface area (Å²) in [4.78, 5) is 26.3. The molecule has 0 aliphatic carbocycles. The minimum atomic E-state index is -0.919. The van der Waals surface area contributed by atoms with Crippen LogP contribution in [0.4, 0.5) is 4.39 Å². The molecule has 6 nitrogen and oxygen atoms in total. The van der Waals surface area contributed by atoms with Crippen molar-refractivity contribution in [3.63, 3.8) is 0 Å². The third-order valence-corrected chi connectivity index (χ3v) is 3.70. The van der Waals surface area contributed by atoms with E-state index in [0.717, 1.165) is 5.56 Å². The number of hydrogen-bond acceptors (Lipinski definition) is 4. The molecule has 2 rings (SSSR count). The van der Waals surface area contributed by atoms with Gasteiger partial charge in [-0.25, -0.2) is 4.39 Å². The zero-order valence-electron chi connectivity index (χ0n) is 13.3. The average molecular weight is 324 g/mol. The number of ether oxygens (including phenoxy) is 1. The van der Waals surface area contributed by atoms with E-state index >= 15 is 0 Å². The van der Waals surface area contributed by atoms with Gasteiger partial charge in [0.25, 0.3) is 5.91 Å². The van der Waals surface area contributed by atoms with Gasteiger partial charge in [0.2, 0.25) is 0 Å². The van der Waals surface area contributed by atoms with Gasteiger partial charge in [-0.1, -0.05) is 6.07 Å². The lowest BCUT2D eigenvalue weighted by molar-refractivity contribution is -0.138. The van der Waals surface area contributed by atoms with Crippen LogP contribution in [0.1, 0.15) is 15.9 Å². The minimum Gasteiger partial charge on any atom is -0.480 e. The third-order valence-electron chi connectivity index (χ3n) is 3.70. The number of carboxylic acid groups (broad SMARTS) is 1. The number of carboxylic acids is 1. The van der Waals surface area contributed by atoms with Crippen LogP contribution in [-0.2, 0) is 9.53 Å². The lowest BCUT2D eigenvalue weighted by atomic mass is 10.1. The summed E-state index contributed by atoms with van der Waals surface area (Å²) >= 11 is 0. The second-order valence-electron chi connectivity index (χ2n) is 5.82. The number of halogens is 1. The maximum absolute atomic E-state index is 14.0. The highest BCUT2D eigenvalue weighted by Crippen LogP contribution is 2.15. The first-order valence-electron chi connectivity index (χ1n) is 7.44. The van der Waals surface area contributed by atoms with E-state index in [1.54, 1.807) is 29.8 Å². The molecule has 1 fully saturated rings. The first-order valence-corrected chi connectivity index (χ1v) is 7.44. The molecule has 1 saturated heterocycles. The molecule has 0 spiro atoms. The van der Waals surface area contributed by atoms with Gasteiger partial charge in [0.1, 0.15) is 5.82 Å². The predicted molar refractivity (Wildman–Crippen MR) is 81.9 cm³/mol. The van der Waals surface area contributed by atoms with Gasteiger partial charge in [0.15, 0.2) is 0 Å². The fraction of sp³-hybridized carbons (Fsp3) is 0.500. The molecular weight excluding hydrogens is 303 g/mol. The van der Waals surface area contributed by atoms with Crippen LogP contribution < -0.4 is 0 Å². The van der Waals surface area contributed by atoms with Crippen molar-refractivity contribution in [2.45, 2.75) is 13.0 Å². The Kier molecular flexibility index (Phi) is 5.68. The van der Waals surface area contributed by atoms with E-state index in [4.69, 9.17) is 9.84 Å². The van der Waals surface area contributed by atoms with Gasteiger partial charge >= 0.3 is 5.97 Å². The number of rotatable bonds is 5. The SMILES string of the molecule is Cc1ccc(C(=O)N2CCOC(CN(C)CC(=O)O)C2)c(F)c1. The number of likely N-dealkylation sites (N-methyl/N-ethyl adjacent to an activating group) is 1. The summed E-state index contributed by atoms with van der Waals surface area (Å²) in [7, 11) is 1.68. The Morgan fingerprint density at radius 2 is 2.22 bits per heavy atom. The van der Waals surface area contributed by atoms with Crippen LogP contribution in [0.25, 0.3) is 0 Å². The highest BCUT2D eigenvalue weighted by atomic mass is 19.1. The second-order valence-corrected chi connectivity index (χ2v) is 5.82.